The zero-order valence-corrected chi connectivity index (χ0v) is 16.7. The van der Waals surface area contributed by atoms with Crippen molar-refractivity contribution in [2.45, 2.75) is 26.9 Å². The van der Waals surface area contributed by atoms with Gasteiger partial charge in [-0.2, -0.15) is 0 Å². The number of nitrogens with zero attached hydrogens (tertiary/aromatic N) is 2. The van der Waals surface area contributed by atoms with E-state index in [4.69, 9.17) is 21.2 Å². The molecule has 2 aromatic rings. The fourth-order valence-electron chi connectivity index (χ4n) is 2.12. The van der Waals surface area contributed by atoms with E-state index >= 15 is 0 Å². The van der Waals surface area contributed by atoms with Crippen LogP contribution >= 0.6 is 11.3 Å². The van der Waals surface area contributed by atoms with E-state index in [0.717, 1.165) is 11.3 Å². The fraction of sp³-hybridized carbons (Fsp3) is 0.421. The first-order chi connectivity index (χ1) is 12.8. The minimum atomic E-state index is -1.11. The van der Waals surface area contributed by atoms with Gasteiger partial charge in [-0.3, -0.25) is 4.70 Å². The molecule has 0 aliphatic rings. The standard InChI is InChI=1S/C19H22N2O5S.FH/c1-11(2)9-25-16-6-5-13(7-15(16)20-4)18-21-12(3)17(27-18)19(24)26-10-14(23)8-22;/h5-7,11,14,22-23H,8-10H2,1-3H3;1H. The van der Waals surface area contributed by atoms with Gasteiger partial charge in [0.1, 0.15) is 28.3 Å². The molecule has 2 rings (SSSR count). The number of aliphatic hydroxyl groups excluding tert-OH is 2. The van der Waals surface area contributed by atoms with Crippen molar-refractivity contribution in [2.24, 2.45) is 5.92 Å². The summed E-state index contributed by atoms with van der Waals surface area (Å²) in [5.74, 6) is 0.266. The average molecular weight is 410 g/mol. The van der Waals surface area contributed by atoms with Crippen molar-refractivity contribution in [2.75, 3.05) is 19.8 Å². The minimum Gasteiger partial charge on any atom is -0.504 e. The Labute approximate surface area is 166 Å². The Morgan fingerprint density at radius 1 is 1.36 bits per heavy atom. The molecule has 9 heteroatoms. The van der Waals surface area contributed by atoms with E-state index in [2.05, 4.69) is 9.83 Å². The van der Waals surface area contributed by atoms with Crippen LogP contribution in [0.3, 0.4) is 0 Å². The van der Waals surface area contributed by atoms with Gasteiger partial charge in [0.25, 0.3) is 0 Å². The number of hydrogen-bond donors (Lipinski definition) is 2. The summed E-state index contributed by atoms with van der Waals surface area (Å²) in [6, 6.07) is 5.22. The molecule has 0 aliphatic carbocycles. The summed E-state index contributed by atoms with van der Waals surface area (Å²) >= 11 is 1.15. The van der Waals surface area contributed by atoms with Crippen molar-refractivity contribution >= 4 is 23.0 Å². The van der Waals surface area contributed by atoms with E-state index in [1.54, 1.807) is 25.1 Å². The minimum absolute atomic E-state index is 0. The van der Waals surface area contributed by atoms with Crippen molar-refractivity contribution in [3.05, 3.63) is 40.2 Å². The van der Waals surface area contributed by atoms with Gasteiger partial charge in [0.15, 0.2) is 0 Å². The lowest BCUT2D eigenvalue weighted by atomic mass is 10.2. The second kappa shape index (κ2) is 10.7. The molecule has 0 saturated carbocycles. The number of aromatic nitrogens is 1. The Bertz CT molecular complexity index is 847. The highest BCUT2D eigenvalue weighted by Crippen LogP contribution is 2.35. The highest BCUT2D eigenvalue weighted by Gasteiger charge is 2.19. The number of carbonyl (C=O) groups is 1. The van der Waals surface area contributed by atoms with Crippen molar-refractivity contribution < 1.29 is 29.2 Å². The molecule has 7 nitrogen and oxygen atoms in total. The maximum atomic E-state index is 12.1. The van der Waals surface area contributed by atoms with Crippen LogP contribution in [0.5, 0.6) is 5.75 Å². The Morgan fingerprint density at radius 2 is 2.07 bits per heavy atom. The zero-order chi connectivity index (χ0) is 20.0. The van der Waals surface area contributed by atoms with Crippen LogP contribution in [0.25, 0.3) is 15.4 Å². The Hall–Kier alpha value is -2.54. The third kappa shape index (κ3) is 5.99. The van der Waals surface area contributed by atoms with Crippen molar-refractivity contribution in [3.8, 4) is 16.3 Å². The van der Waals surface area contributed by atoms with Gasteiger partial charge in [-0.1, -0.05) is 19.9 Å². The largest absolute Gasteiger partial charge is 0.504 e. The van der Waals surface area contributed by atoms with Gasteiger partial charge in [-0.25, -0.2) is 14.6 Å². The molecule has 0 saturated heterocycles. The number of aliphatic hydroxyl groups is 2. The zero-order valence-electron chi connectivity index (χ0n) is 15.8. The first-order valence-electron chi connectivity index (χ1n) is 8.43. The summed E-state index contributed by atoms with van der Waals surface area (Å²) in [7, 11) is 0. The molecule has 0 amide bonds. The van der Waals surface area contributed by atoms with Gasteiger partial charge < -0.3 is 19.7 Å². The van der Waals surface area contributed by atoms with Crippen LogP contribution in [0, 0.1) is 19.4 Å². The second-order valence-electron chi connectivity index (χ2n) is 6.37. The molecular formula is C19H23FN2O5S. The van der Waals surface area contributed by atoms with E-state index in [0.29, 0.717) is 45.1 Å². The van der Waals surface area contributed by atoms with Gasteiger partial charge in [-0.05, 0) is 25.0 Å². The number of thiazole rings is 1. The number of aryl methyl sites for hydroxylation is 1. The third-order valence-electron chi connectivity index (χ3n) is 3.50. The highest BCUT2D eigenvalue weighted by molar-refractivity contribution is 7.17. The number of hydrogen-bond acceptors (Lipinski definition) is 7. The molecule has 1 aromatic carbocycles. The van der Waals surface area contributed by atoms with E-state index in [-0.39, 0.29) is 11.3 Å². The molecule has 1 unspecified atom stereocenters. The maximum Gasteiger partial charge on any atom is 0.350 e. The van der Waals surface area contributed by atoms with Gasteiger partial charge >= 0.3 is 5.97 Å². The molecule has 1 atom stereocenters. The quantitative estimate of drug-likeness (QED) is 0.512. The highest BCUT2D eigenvalue weighted by atomic mass is 32.1. The number of benzene rings is 1. The summed E-state index contributed by atoms with van der Waals surface area (Å²) in [6.45, 7) is 12.9. The summed E-state index contributed by atoms with van der Waals surface area (Å²) in [5, 5.41) is 18.7. The molecular weight excluding hydrogens is 387 g/mol. The summed E-state index contributed by atoms with van der Waals surface area (Å²) in [6.07, 6.45) is -1.11. The Morgan fingerprint density at radius 3 is 2.68 bits per heavy atom. The molecule has 0 fully saturated rings. The smallest absolute Gasteiger partial charge is 0.350 e. The number of carbonyl (C=O) groups excluding carboxylic acids is 1. The van der Waals surface area contributed by atoms with E-state index in [9.17, 15) is 9.90 Å². The van der Waals surface area contributed by atoms with Gasteiger partial charge in [0, 0.05) is 5.56 Å². The summed E-state index contributed by atoms with van der Waals surface area (Å²) in [4.78, 5) is 20.4. The van der Waals surface area contributed by atoms with E-state index < -0.39 is 18.7 Å². The first kappa shape index (κ1) is 23.5. The number of ether oxygens (including phenoxy) is 2. The van der Waals surface area contributed by atoms with Crippen molar-refractivity contribution in [1.29, 1.82) is 0 Å². The van der Waals surface area contributed by atoms with Crippen LogP contribution in [0.2, 0.25) is 0 Å². The number of halogens is 1. The molecule has 1 heterocycles. The topological polar surface area (TPSA) is 93.2 Å². The van der Waals surface area contributed by atoms with Crippen LogP contribution in [0.15, 0.2) is 18.2 Å². The lowest BCUT2D eigenvalue weighted by Gasteiger charge is -2.10. The van der Waals surface area contributed by atoms with E-state index in [1.807, 2.05) is 13.8 Å². The molecule has 2 N–H and O–H groups in total. The Balaban J connectivity index is 0.00000392. The summed E-state index contributed by atoms with van der Waals surface area (Å²) in [5.41, 5.74) is 1.60. The number of esters is 1. The van der Waals surface area contributed by atoms with Crippen molar-refractivity contribution in [1.82, 2.24) is 4.98 Å². The molecule has 0 radical (unpaired) electrons. The van der Waals surface area contributed by atoms with Gasteiger partial charge in [0.05, 0.1) is 25.5 Å². The molecule has 152 valence electrons. The number of rotatable bonds is 8. The molecule has 0 spiro atoms. The fourth-order valence-corrected chi connectivity index (χ4v) is 3.07. The molecule has 28 heavy (non-hydrogen) atoms. The molecule has 0 aliphatic heterocycles. The average Bonchev–Trinajstić information content (AvgIpc) is 3.05. The predicted octanol–water partition coefficient (Wildman–Crippen LogP) is 3.37. The summed E-state index contributed by atoms with van der Waals surface area (Å²) < 4.78 is 10.6. The Kier molecular flexibility index (Phi) is 8.99. The van der Waals surface area contributed by atoms with Crippen LogP contribution in [0.1, 0.15) is 29.2 Å². The van der Waals surface area contributed by atoms with E-state index in [1.165, 1.54) is 0 Å². The molecule has 1 aromatic heterocycles. The third-order valence-corrected chi connectivity index (χ3v) is 4.68. The van der Waals surface area contributed by atoms with Gasteiger partial charge in [0.2, 0.25) is 5.69 Å². The lowest BCUT2D eigenvalue weighted by Crippen LogP contribution is -2.21. The predicted molar refractivity (Wildman–Crippen MR) is 105 cm³/mol. The first-order valence-corrected chi connectivity index (χ1v) is 9.25. The van der Waals surface area contributed by atoms with Crippen LogP contribution in [-0.4, -0.2) is 47.1 Å². The van der Waals surface area contributed by atoms with Crippen LogP contribution < -0.4 is 4.74 Å². The van der Waals surface area contributed by atoms with Crippen LogP contribution in [0.4, 0.5) is 10.4 Å². The second-order valence-corrected chi connectivity index (χ2v) is 7.37. The SMILES string of the molecule is F.[C-]#[N+]c1cc(-c2nc(C)c(C(=O)OCC(O)CO)s2)ccc1OCC(C)C. The van der Waals surface area contributed by atoms with Crippen LogP contribution in [-0.2, 0) is 4.74 Å². The normalized spacial score (nSPS) is 11.5. The molecule has 0 bridgehead atoms. The monoisotopic (exact) mass is 410 g/mol. The van der Waals surface area contributed by atoms with Gasteiger partial charge in [-0.15, -0.1) is 11.3 Å². The van der Waals surface area contributed by atoms with Crippen molar-refractivity contribution in [3.63, 3.8) is 0 Å². The lowest BCUT2D eigenvalue weighted by molar-refractivity contribution is 0.00963. The maximum absolute atomic E-state index is 12.1.